The van der Waals surface area contributed by atoms with Crippen LogP contribution in [-0.2, 0) is 0 Å². The lowest BCUT2D eigenvalue weighted by Crippen LogP contribution is -2.33. The Morgan fingerprint density at radius 2 is 1.88 bits per heavy atom. The van der Waals surface area contributed by atoms with Gasteiger partial charge in [0.2, 0.25) is 0 Å². The first-order valence-electron chi connectivity index (χ1n) is 7.80. The number of anilines is 1. The highest BCUT2D eigenvalue weighted by Gasteiger charge is 2.21. The van der Waals surface area contributed by atoms with Gasteiger partial charge in [-0.15, -0.1) is 11.3 Å². The molecule has 4 aromatic rings. The van der Waals surface area contributed by atoms with Crippen molar-refractivity contribution in [2.75, 3.05) is 5.32 Å². The molecule has 0 aliphatic rings. The van der Waals surface area contributed by atoms with Crippen molar-refractivity contribution < 1.29 is 9.21 Å². The van der Waals surface area contributed by atoms with E-state index in [4.69, 9.17) is 4.42 Å². The molecule has 4 rings (SSSR count). The SMILES string of the molecule is O=C(Nc1nccs1)N[C@@H](c1ccccc1)c1cc2ccccc2o1. The van der Waals surface area contributed by atoms with E-state index in [0.29, 0.717) is 10.9 Å². The number of nitrogens with zero attached hydrogens (tertiary/aromatic N) is 1. The van der Waals surface area contributed by atoms with Gasteiger partial charge in [-0.2, -0.15) is 0 Å². The lowest BCUT2D eigenvalue weighted by Gasteiger charge is -2.17. The van der Waals surface area contributed by atoms with Crippen LogP contribution in [0, 0.1) is 0 Å². The molecule has 0 saturated carbocycles. The van der Waals surface area contributed by atoms with Gasteiger partial charge in [0.25, 0.3) is 0 Å². The van der Waals surface area contributed by atoms with Crippen LogP contribution in [0.5, 0.6) is 0 Å². The summed E-state index contributed by atoms with van der Waals surface area (Å²) in [6, 6.07) is 18.7. The maximum atomic E-state index is 12.4. The Morgan fingerprint density at radius 1 is 1.08 bits per heavy atom. The molecule has 124 valence electrons. The van der Waals surface area contributed by atoms with Gasteiger partial charge < -0.3 is 9.73 Å². The molecule has 5 nitrogen and oxygen atoms in total. The van der Waals surface area contributed by atoms with Gasteiger partial charge in [0.15, 0.2) is 5.13 Å². The summed E-state index contributed by atoms with van der Waals surface area (Å²) in [6.07, 6.45) is 1.65. The summed E-state index contributed by atoms with van der Waals surface area (Å²) in [4.78, 5) is 16.5. The standard InChI is InChI=1S/C19H15N3O2S/c23-18(22-19-20-10-11-25-19)21-17(13-6-2-1-3-7-13)16-12-14-8-4-5-9-15(14)24-16/h1-12,17H,(H2,20,21,22,23)/t17-/m0/s1. The summed E-state index contributed by atoms with van der Waals surface area (Å²) >= 11 is 1.37. The fraction of sp³-hybridized carbons (Fsp3) is 0.0526. The lowest BCUT2D eigenvalue weighted by atomic mass is 10.0. The number of carbonyl (C=O) groups is 1. The minimum Gasteiger partial charge on any atom is -0.459 e. The third-order valence-electron chi connectivity index (χ3n) is 3.79. The van der Waals surface area contributed by atoms with Crippen LogP contribution in [0.1, 0.15) is 17.4 Å². The van der Waals surface area contributed by atoms with E-state index < -0.39 is 6.04 Å². The van der Waals surface area contributed by atoms with Crippen LogP contribution in [0.4, 0.5) is 9.93 Å². The molecule has 0 spiro atoms. The zero-order valence-corrected chi connectivity index (χ0v) is 14.0. The Kier molecular flexibility index (Phi) is 4.18. The van der Waals surface area contributed by atoms with Crippen LogP contribution < -0.4 is 10.6 Å². The Bertz CT molecular complexity index is 947. The van der Waals surface area contributed by atoms with Gasteiger partial charge in [0.1, 0.15) is 17.4 Å². The van der Waals surface area contributed by atoms with Gasteiger partial charge >= 0.3 is 6.03 Å². The monoisotopic (exact) mass is 349 g/mol. The van der Waals surface area contributed by atoms with Gasteiger partial charge in [-0.1, -0.05) is 48.5 Å². The molecular formula is C19H15N3O2S. The van der Waals surface area contributed by atoms with Crippen molar-refractivity contribution in [3.8, 4) is 0 Å². The predicted molar refractivity (Wildman–Crippen MR) is 98.8 cm³/mol. The summed E-state index contributed by atoms with van der Waals surface area (Å²) in [5.74, 6) is 0.682. The van der Waals surface area contributed by atoms with Crippen molar-refractivity contribution in [3.63, 3.8) is 0 Å². The highest BCUT2D eigenvalue weighted by molar-refractivity contribution is 7.13. The Hall–Kier alpha value is -3.12. The number of thiazole rings is 1. The molecule has 0 bridgehead atoms. The van der Waals surface area contributed by atoms with Crippen LogP contribution in [0.25, 0.3) is 11.0 Å². The minimum atomic E-state index is -0.395. The molecule has 6 heteroatoms. The van der Waals surface area contributed by atoms with Gasteiger partial charge in [-0.05, 0) is 17.7 Å². The molecule has 2 aromatic heterocycles. The maximum Gasteiger partial charge on any atom is 0.321 e. The predicted octanol–water partition coefficient (Wildman–Crippen LogP) is 4.80. The second-order valence-electron chi connectivity index (χ2n) is 5.47. The second kappa shape index (κ2) is 6.78. The fourth-order valence-electron chi connectivity index (χ4n) is 2.66. The van der Waals surface area contributed by atoms with E-state index in [-0.39, 0.29) is 6.03 Å². The van der Waals surface area contributed by atoms with Gasteiger partial charge in [-0.25, -0.2) is 9.78 Å². The molecule has 25 heavy (non-hydrogen) atoms. The lowest BCUT2D eigenvalue weighted by molar-refractivity contribution is 0.249. The Morgan fingerprint density at radius 3 is 2.64 bits per heavy atom. The number of amides is 2. The van der Waals surface area contributed by atoms with Gasteiger partial charge in [0, 0.05) is 17.0 Å². The minimum absolute atomic E-state index is 0.329. The molecule has 0 saturated heterocycles. The number of benzene rings is 2. The number of hydrogen-bond donors (Lipinski definition) is 2. The van der Waals surface area contributed by atoms with E-state index in [1.54, 1.807) is 6.20 Å². The smallest absolute Gasteiger partial charge is 0.321 e. The number of urea groups is 1. The number of hydrogen-bond acceptors (Lipinski definition) is 4. The van der Waals surface area contributed by atoms with E-state index in [2.05, 4.69) is 15.6 Å². The normalized spacial score (nSPS) is 12.0. The van der Waals surface area contributed by atoms with Crippen LogP contribution in [0.3, 0.4) is 0 Å². The van der Waals surface area contributed by atoms with Crippen molar-refractivity contribution in [3.05, 3.63) is 83.6 Å². The summed E-state index contributed by atoms with van der Waals surface area (Å²) in [5.41, 5.74) is 1.73. The van der Waals surface area contributed by atoms with Crippen molar-refractivity contribution in [1.82, 2.24) is 10.3 Å². The number of rotatable bonds is 4. The number of nitrogens with one attached hydrogen (secondary N) is 2. The van der Waals surface area contributed by atoms with E-state index in [1.165, 1.54) is 11.3 Å². The highest BCUT2D eigenvalue weighted by atomic mass is 32.1. The van der Waals surface area contributed by atoms with Crippen LogP contribution in [0.2, 0.25) is 0 Å². The van der Waals surface area contributed by atoms with Crippen molar-refractivity contribution in [1.29, 1.82) is 0 Å². The number of aromatic nitrogens is 1. The number of furan rings is 1. The summed E-state index contributed by atoms with van der Waals surface area (Å²) in [6.45, 7) is 0. The molecule has 0 radical (unpaired) electrons. The second-order valence-corrected chi connectivity index (χ2v) is 6.36. The van der Waals surface area contributed by atoms with Crippen LogP contribution in [0.15, 0.2) is 76.7 Å². The molecule has 2 N–H and O–H groups in total. The molecule has 2 aromatic carbocycles. The van der Waals surface area contributed by atoms with Crippen molar-refractivity contribution in [2.45, 2.75) is 6.04 Å². The first kappa shape index (κ1) is 15.4. The number of carbonyl (C=O) groups excluding carboxylic acids is 1. The highest BCUT2D eigenvalue weighted by Crippen LogP contribution is 2.28. The van der Waals surface area contributed by atoms with Crippen LogP contribution >= 0.6 is 11.3 Å². The molecule has 0 aliphatic heterocycles. The molecular weight excluding hydrogens is 334 g/mol. The molecule has 1 atom stereocenters. The first-order chi connectivity index (χ1) is 12.3. The zero-order chi connectivity index (χ0) is 17.1. The Labute approximate surface area is 148 Å². The summed E-state index contributed by atoms with van der Waals surface area (Å²) in [7, 11) is 0. The van der Waals surface area contributed by atoms with Gasteiger partial charge in [0.05, 0.1) is 0 Å². The molecule has 2 heterocycles. The topological polar surface area (TPSA) is 67.2 Å². The quantitative estimate of drug-likeness (QED) is 0.556. The van der Waals surface area contributed by atoms with Gasteiger partial charge in [-0.3, -0.25) is 5.32 Å². The van der Waals surface area contributed by atoms with E-state index in [9.17, 15) is 4.79 Å². The molecule has 2 amide bonds. The van der Waals surface area contributed by atoms with Crippen molar-refractivity contribution >= 4 is 33.5 Å². The average molecular weight is 349 g/mol. The Balaban J connectivity index is 1.65. The van der Waals surface area contributed by atoms with E-state index >= 15 is 0 Å². The number of para-hydroxylation sites is 1. The molecule has 0 unspecified atom stereocenters. The van der Waals surface area contributed by atoms with Crippen molar-refractivity contribution in [2.24, 2.45) is 0 Å². The third-order valence-corrected chi connectivity index (χ3v) is 4.48. The molecule has 0 aliphatic carbocycles. The van der Waals surface area contributed by atoms with E-state index in [0.717, 1.165) is 16.5 Å². The first-order valence-corrected chi connectivity index (χ1v) is 8.68. The number of fused-ring (bicyclic) bond motifs is 1. The third kappa shape index (κ3) is 3.39. The summed E-state index contributed by atoms with van der Waals surface area (Å²) in [5, 5.41) is 9.07. The zero-order valence-electron chi connectivity index (χ0n) is 13.2. The largest absolute Gasteiger partial charge is 0.459 e. The average Bonchev–Trinajstić information content (AvgIpc) is 3.29. The maximum absolute atomic E-state index is 12.4. The van der Waals surface area contributed by atoms with Crippen LogP contribution in [-0.4, -0.2) is 11.0 Å². The molecule has 0 fully saturated rings. The summed E-state index contributed by atoms with van der Waals surface area (Å²) < 4.78 is 5.97. The fourth-order valence-corrected chi connectivity index (χ4v) is 3.18. The van der Waals surface area contributed by atoms with E-state index in [1.807, 2.05) is 66.0 Å².